The van der Waals surface area contributed by atoms with E-state index in [1.807, 2.05) is 31.2 Å². The molecule has 2 aromatic rings. The van der Waals surface area contributed by atoms with Crippen molar-refractivity contribution < 1.29 is 9.59 Å². The van der Waals surface area contributed by atoms with Gasteiger partial charge in [-0.15, -0.1) is 0 Å². The number of hydrogen-bond donors (Lipinski definition) is 2. The summed E-state index contributed by atoms with van der Waals surface area (Å²) in [5, 5.41) is 9.80. The Hall–Kier alpha value is -2.48. The van der Waals surface area contributed by atoms with Crippen LogP contribution in [-0.4, -0.2) is 38.5 Å². The number of amides is 2. The second kappa shape index (κ2) is 8.57. The molecular weight excluding hydrogens is 338 g/mol. The number of rotatable bonds is 7. The number of aromatic nitrogens is 3. The van der Waals surface area contributed by atoms with Crippen molar-refractivity contribution in [3.05, 3.63) is 40.4 Å². The van der Waals surface area contributed by atoms with Gasteiger partial charge in [0.25, 0.3) is 0 Å². The normalized spacial score (nSPS) is 10.5. The Morgan fingerprint density at radius 1 is 1.36 bits per heavy atom. The zero-order chi connectivity index (χ0) is 18.4. The summed E-state index contributed by atoms with van der Waals surface area (Å²) in [6.45, 7) is 4.08. The molecule has 2 amide bonds. The number of nitrogens with zero attached hydrogens (tertiary/aromatic N) is 3. The summed E-state index contributed by atoms with van der Waals surface area (Å²) in [7, 11) is 1.72. The first-order valence-electron chi connectivity index (χ1n) is 8.16. The maximum atomic E-state index is 12.5. The first kappa shape index (κ1) is 18.9. The van der Waals surface area contributed by atoms with Crippen LogP contribution in [-0.2, 0) is 29.1 Å². The molecule has 8 heteroatoms. The Morgan fingerprint density at radius 3 is 2.76 bits per heavy atom. The summed E-state index contributed by atoms with van der Waals surface area (Å²) in [4.78, 5) is 25.5. The molecule has 1 aromatic heterocycles. The third kappa shape index (κ3) is 4.99. The molecule has 0 radical (unpaired) electrons. The number of H-pyrrole nitrogens is 1. The van der Waals surface area contributed by atoms with Crippen LogP contribution in [0.3, 0.4) is 0 Å². The predicted octanol–water partition coefficient (Wildman–Crippen LogP) is 2.51. The predicted molar refractivity (Wildman–Crippen MR) is 98.6 cm³/mol. The zero-order valence-electron chi connectivity index (χ0n) is 14.7. The van der Waals surface area contributed by atoms with Crippen LogP contribution in [0.2, 0.25) is 0 Å². The van der Waals surface area contributed by atoms with Crippen LogP contribution in [0.5, 0.6) is 0 Å². The number of hydrogen-bond acceptors (Lipinski definition) is 4. The summed E-state index contributed by atoms with van der Waals surface area (Å²) in [5.41, 5.74) is 1.56. The van der Waals surface area contributed by atoms with Crippen molar-refractivity contribution in [3.63, 3.8) is 0 Å². The topological polar surface area (TPSA) is 83.0 Å². The van der Waals surface area contributed by atoms with E-state index in [1.54, 1.807) is 16.5 Å². The van der Waals surface area contributed by atoms with Crippen molar-refractivity contribution in [2.24, 2.45) is 0 Å². The van der Waals surface area contributed by atoms with Gasteiger partial charge in [0.1, 0.15) is 12.4 Å². The van der Waals surface area contributed by atoms with Crippen molar-refractivity contribution in [2.75, 3.05) is 12.4 Å². The number of aromatic amines is 1. The van der Waals surface area contributed by atoms with Gasteiger partial charge in [-0.2, -0.15) is 5.10 Å². The highest BCUT2D eigenvalue weighted by molar-refractivity contribution is 7.71. The number of nitrogens with one attached hydrogen (secondary N) is 2. The van der Waals surface area contributed by atoms with E-state index in [9.17, 15) is 9.59 Å². The Balaban J connectivity index is 2.12. The Labute approximate surface area is 152 Å². The van der Waals surface area contributed by atoms with Crippen LogP contribution in [0, 0.1) is 4.77 Å². The maximum absolute atomic E-state index is 12.5. The minimum atomic E-state index is -0.187. The number of anilines is 1. The molecule has 0 unspecified atom stereocenters. The van der Waals surface area contributed by atoms with Crippen molar-refractivity contribution in [3.8, 4) is 0 Å². The zero-order valence-corrected chi connectivity index (χ0v) is 15.5. The highest BCUT2D eigenvalue weighted by Crippen LogP contribution is 2.17. The number of aryl methyl sites for hydroxylation is 1. The van der Waals surface area contributed by atoms with Crippen LogP contribution in [0.15, 0.2) is 24.3 Å². The molecule has 0 aliphatic heterocycles. The minimum Gasteiger partial charge on any atom is -0.342 e. The summed E-state index contributed by atoms with van der Waals surface area (Å²) in [6, 6.07) is 7.44. The average Bonchev–Trinajstić information content (AvgIpc) is 2.90. The van der Waals surface area contributed by atoms with Crippen LogP contribution >= 0.6 is 12.2 Å². The fourth-order valence-corrected chi connectivity index (χ4v) is 2.62. The summed E-state index contributed by atoms with van der Waals surface area (Å²) < 4.78 is 2.14. The Bertz CT molecular complexity index is 811. The molecule has 0 bridgehead atoms. The van der Waals surface area contributed by atoms with Crippen LogP contribution in [0.25, 0.3) is 0 Å². The van der Waals surface area contributed by atoms with Gasteiger partial charge in [0.05, 0.1) is 0 Å². The van der Waals surface area contributed by atoms with Crippen molar-refractivity contribution in [1.82, 2.24) is 19.7 Å². The second-order valence-corrected chi connectivity index (χ2v) is 6.25. The lowest BCUT2D eigenvalue weighted by atomic mass is 10.1. The summed E-state index contributed by atoms with van der Waals surface area (Å²) in [6.07, 6.45) is 1.67. The molecule has 0 aliphatic rings. The summed E-state index contributed by atoms with van der Waals surface area (Å²) in [5.74, 6) is 0.551. The molecule has 0 saturated carbocycles. The van der Waals surface area contributed by atoms with Gasteiger partial charge in [-0.1, -0.05) is 25.1 Å². The summed E-state index contributed by atoms with van der Waals surface area (Å²) >= 11 is 5.20. The van der Waals surface area contributed by atoms with Gasteiger partial charge in [-0.3, -0.25) is 19.3 Å². The van der Waals surface area contributed by atoms with Crippen molar-refractivity contribution in [1.29, 1.82) is 0 Å². The molecule has 25 heavy (non-hydrogen) atoms. The monoisotopic (exact) mass is 361 g/mol. The van der Waals surface area contributed by atoms with Gasteiger partial charge in [-0.25, -0.2) is 0 Å². The highest BCUT2D eigenvalue weighted by Gasteiger charge is 2.13. The smallest absolute Gasteiger partial charge is 0.244 e. The molecule has 0 spiro atoms. The molecule has 0 aliphatic carbocycles. The lowest BCUT2D eigenvalue weighted by molar-refractivity contribution is -0.128. The second-order valence-electron chi connectivity index (χ2n) is 5.86. The van der Waals surface area contributed by atoms with E-state index in [0.29, 0.717) is 17.0 Å². The van der Waals surface area contributed by atoms with Crippen molar-refractivity contribution >= 4 is 29.7 Å². The Morgan fingerprint density at radius 2 is 2.08 bits per heavy atom. The molecule has 1 aromatic carbocycles. The van der Waals surface area contributed by atoms with Gasteiger partial charge < -0.3 is 10.2 Å². The lowest BCUT2D eigenvalue weighted by Crippen LogP contribution is -2.25. The lowest BCUT2D eigenvalue weighted by Gasteiger charge is -2.18. The number of benzene rings is 1. The Kier molecular flexibility index (Phi) is 6.46. The maximum Gasteiger partial charge on any atom is 0.244 e. The molecule has 0 saturated heterocycles. The van der Waals surface area contributed by atoms with Crippen LogP contribution < -0.4 is 5.32 Å². The highest BCUT2D eigenvalue weighted by atomic mass is 32.1. The quantitative estimate of drug-likeness (QED) is 0.742. The average molecular weight is 361 g/mol. The van der Waals surface area contributed by atoms with Gasteiger partial charge in [0.15, 0.2) is 4.77 Å². The van der Waals surface area contributed by atoms with Gasteiger partial charge in [0.2, 0.25) is 11.8 Å². The molecule has 7 nitrogen and oxygen atoms in total. The van der Waals surface area contributed by atoms with Crippen LogP contribution in [0.4, 0.5) is 5.69 Å². The van der Waals surface area contributed by atoms with E-state index >= 15 is 0 Å². The standard InChI is InChI=1S/C17H23N5O2S/c1-4-7-15-19-20-17(25)22(15)11-16(24)18-14-9-6-5-8-13(14)10-21(3)12(2)23/h5-6,8-9H,4,7,10-11H2,1-3H3,(H,18,24)(H,20,25). The molecular formula is C17H23N5O2S. The van der Waals surface area contributed by atoms with Crippen molar-refractivity contribution in [2.45, 2.75) is 39.8 Å². The largest absolute Gasteiger partial charge is 0.342 e. The van der Waals surface area contributed by atoms with Gasteiger partial charge in [0, 0.05) is 32.6 Å². The van der Waals surface area contributed by atoms with Crippen LogP contribution in [0.1, 0.15) is 31.7 Å². The fourth-order valence-electron chi connectivity index (χ4n) is 2.41. The van der Waals surface area contributed by atoms with E-state index < -0.39 is 0 Å². The van der Waals surface area contributed by atoms with E-state index in [4.69, 9.17) is 12.2 Å². The van der Waals surface area contributed by atoms with Gasteiger partial charge >= 0.3 is 0 Å². The number of carbonyl (C=O) groups excluding carboxylic acids is 2. The van der Waals surface area contributed by atoms with E-state index in [-0.39, 0.29) is 18.4 Å². The number of para-hydroxylation sites is 1. The van der Waals surface area contributed by atoms with E-state index in [2.05, 4.69) is 15.5 Å². The molecule has 0 atom stereocenters. The van der Waals surface area contributed by atoms with E-state index in [0.717, 1.165) is 24.2 Å². The van der Waals surface area contributed by atoms with Gasteiger partial charge in [-0.05, 0) is 30.3 Å². The third-order valence-electron chi connectivity index (χ3n) is 3.85. The first-order chi connectivity index (χ1) is 11.9. The third-order valence-corrected chi connectivity index (χ3v) is 4.16. The molecule has 2 rings (SSSR count). The molecule has 1 heterocycles. The molecule has 134 valence electrons. The first-order valence-corrected chi connectivity index (χ1v) is 8.56. The SMILES string of the molecule is CCCc1n[nH]c(=S)n1CC(=O)Nc1ccccc1CN(C)C(C)=O. The number of carbonyl (C=O) groups is 2. The molecule has 0 fully saturated rings. The minimum absolute atomic E-state index is 0.0324. The molecule has 2 N–H and O–H groups in total. The van der Waals surface area contributed by atoms with E-state index in [1.165, 1.54) is 6.92 Å². The fraction of sp³-hybridized carbons (Fsp3) is 0.412.